The highest BCUT2D eigenvalue weighted by Gasteiger charge is 2.26. The Morgan fingerprint density at radius 3 is 1.48 bits per heavy atom. The van der Waals surface area contributed by atoms with E-state index in [1.165, 1.54) is 50.2 Å². The van der Waals surface area contributed by atoms with Gasteiger partial charge in [0.05, 0.1) is 5.69 Å². The number of anilines is 2. The van der Waals surface area contributed by atoms with E-state index in [9.17, 15) is 0 Å². The molecule has 0 aliphatic heterocycles. The van der Waals surface area contributed by atoms with Crippen molar-refractivity contribution in [3.63, 3.8) is 0 Å². The molecule has 0 saturated carbocycles. The van der Waals surface area contributed by atoms with Crippen LogP contribution in [0.5, 0.6) is 0 Å². The van der Waals surface area contributed by atoms with E-state index in [1.54, 1.807) is 0 Å². The Bertz CT molecular complexity index is 1690. The van der Waals surface area contributed by atoms with Gasteiger partial charge in [-0.3, -0.25) is 0 Å². The van der Waals surface area contributed by atoms with Gasteiger partial charge in [-0.15, -0.1) is 0 Å². The first kappa shape index (κ1) is 35.3. The van der Waals surface area contributed by atoms with Gasteiger partial charge in [-0.25, -0.2) is 0 Å². The van der Waals surface area contributed by atoms with Crippen molar-refractivity contribution < 1.29 is 0 Å². The first-order chi connectivity index (χ1) is 23.0. The molecule has 0 N–H and O–H groups in total. The molecule has 1 atom stereocenters. The molecule has 0 fully saturated rings. The molecule has 0 aliphatic rings. The maximum atomic E-state index is 2.57. The van der Waals surface area contributed by atoms with Crippen molar-refractivity contribution in [1.29, 1.82) is 0 Å². The molecular weight excluding hydrogens is 583 g/mol. The second-order valence-electron chi connectivity index (χ2n) is 15.6. The number of nitrogens with zero attached hydrogens (tertiary/aromatic N) is 3. The lowest BCUT2D eigenvalue weighted by molar-refractivity contribution is 0.552. The lowest BCUT2D eigenvalue weighted by atomic mass is 9.83. The zero-order chi connectivity index (χ0) is 34.4. The lowest BCUT2D eigenvalue weighted by Crippen LogP contribution is -2.31. The maximum Gasteiger partial charge on any atom is 0.0527 e. The molecule has 1 unspecified atom stereocenters. The number of aryl methyl sites for hydroxylation is 1. The maximum absolute atomic E-state index is 2.57. The van der Waals surface area contributed by atoms with Gasteiger partial charge in [0.25, 0.3) is 0 Å². The third kappa shape index (κ3) is 8.53. The molecule has 0 amide bonds. The molecular formula is C45H59N3. The number of hydrogen-bond donors (Lipinski definition) is 0. The first-order valence-corrected chi connectivity index (χ1v) is 18.3. The van der Waals surface area contributed by atoms with E-state index >= 15 is 0 Å². The van der Waals surface area contributed by atoms with E-state index in [1.807, 2.05) is 0 Å². The fraction of sp³-hybridized carbons (Fsp3) is 0.422. The molecule has 4 aromatic carbocycles. The second kappa shape index (κ2) is 15.9. The number of aromatic nitrogens is 1. The number of para-hydroxylation sites is 1. The molecule has 3 heteroatoms. The molecule has 0 aliphatic carbocycles. The highest BCUT2D eigenvalue weighted by atomic mass is 15.1. The standard InChI is InChI=1S/C45H59N3/c1-32(2)28-47(29-33(3)4)39-23-19-36(20-24-39)27-42(37-21-25-40(26-22-37)48(30-34(5)6)31-35(7)8)44-41-17-13-14-18-43(41)46(9)45(44)38-15-11-10-12-16-38/h10-26,32-35,42H,27-31H2,1-9H3. The van der Waals surface area contributed by atoms with Crippen LogP contribution in [0.1, 0.15) is 78.0 Å². The van der Waals surface area contributed by atoms with Crippen LogP contribution in [0.15, 0.2) is 103 Å². The van der Waals surface area contributed by atoms with E-state index in [2.05, 4.69) is 180 Å². The van der Waals surface area contributed by atoms with Crippen molar-refractivity contribution in [2.45, 2.75) is 67.7 Å². The lowest BCUT2D eigenvalue weighted by Gasteiger charge is -2.29. The van der Waals surface area contributed by atoms with Crippen LogP contribution < -0.4 is 9.80 Å². The van der Waals surface area contributed by atoms with Gasteiger partial charge in [0.1, 0.15) is 0 Å². The zero-order valence-electron chi connectivity index (χ0n) is 31.1. The minimum atomic E-state index is 0.192. The molecule has 0 radical (unpaired) electrons. The minimum absolute atomic E-state index is 0.192. The van der Waals surface area contributed by atoms with Gasteiger partial charge >= 0.3 is 0 Å². The first-order valence-electron chi connectivity index (χ1n) is 18.3. The van der Waals surface area contributed by atoms with Crippen LogP contribution >= 0.6 is 0 Å². The van der Waals surface area contributed by atoms with Gasteiger partial charge < -0.3 is 14.4 Å². The normalized spacial score (nSPS) is 12.5. The van der Waals surface area contributed by atoms with Crippen LogP contribution in [-0.2, 0) is 13.5 Å². The molecule has 5 aromatic rings. The SMILES string of the molecule is CC(C)CN(CC(C)C)c1ccc(CC(c2ccc(N(CC(C)C)CC(C)C)cc2)c2c(-c3ccccc3)n(C)c3ccccc23)cc1. The summed E-state index contributed by atoms with van der Waals surface area (Å²) < 4.78 is 2.41. The summed E-state index contributed by atoms with van der Waals surface area (Å²) in [5, 5.41) is 1.34. The number of hydrogen-bond acceptors (Lipinski definition) is 2. The molecule has 0 bridgehead atoms. The van der Waals surface area contributed by atoms with Crippen LogP contribution in [0, 0.1) is 23.7 Å². The van der Waals surface area contributed by atoms with Crippen LogP contribution in [0.2, 0.25) is 0 Å². The Morgan fingerprint density at radius 1 is 0.521 bits per heavy atom. The smallest absolute Gasteiger partial charge is 0.0527 e. The average Bonchev–Trinajstić information content (AvgIpc) is 3.35. The molecule has 1 aromatic heterocycles. The van der Waals surface area contributed by atoms with E-state index in [-0.39, 0.29) is 5.92 Å². The molecule has 5 rings (SSSR count). The van der Waals surface area contributed by atoms with Crippen molar-refractivity contribution >= 4 is 22.3 Å². The fourth-order valence-corrected chi connectivity index (χ4v) is 7.44. The van der Waals surface area contributed by atoms with E-state index in [0.29, 0.717) is 23.7 Å². The molecule has 0 spiro atoms. The van der Waals surface area contributed by atoms with Crippen molar-refractivity contribution in [3.8, 4) is 11.3 Å². The van der Waals surface area contributed by atoms with E-state index in [0.717, 1.165) is 32.6 Å². The molecule has 1 heterocycles. The Hall–Kier alpha value is -3.98. The second-order valence-corrected chi connectivity index (χ2v) is 15.6. The fourth-order valence-electron chi connectivity index (χ4n) is 7.44. The number of rotatable bonds is 15. The predicted octanol–water partition coefficient (Wildman–Crippen LogP) is 11.5. The largest absolute Gasteiger partial charge is 0.371 e. The van der Waals surface area contributed by atoms with Crippen molar-refractivity contribution in [1.82, 2.24) is 4.57 Å². The summed E-state index contributed by atoms with van der Waals surface area (Å²) in [6, 6.07) is 39.0. The summed E-state index contributed by atoms with van der Waals surface area (Å²) in [4.78, 5) is 5.13. The van der Waals surface area contributed by atoms with Gasteiger partial charge in [-0.1, -0.05) is 128 Å². The van der Waals surface area contributed by atoms with Gasteiger partial charge in [0, 0.05) is 61.4 Å². The monoisotopic (exact) mass is 641 g/mol. The van der Waals surface area contributed by atoms with Crippen molar-refractivity contribution in [3.05, 3.63) is 120 Å². The predicted molar refractivity (Wildman–Crippen MR) is 211 cm³/mol. The Labute approximate surface area is 291 Å². The minimum Gasteiger partial charge on any atom is -0.371 e. The van der Waals surface area contributed by atoms with Crippen LogP contribution in [0.25, 0.3) is 22.2 Å². The molecule has 0 saturated heterocycles. The third-order valence-corrected chi connectivity index (χ3v) is 9.29. The van der Waals surface area contributed by atoms with E-state index in [4.69, 9.17) is 0 Å². The average molecular weight is 642 g/mol. The summed E-state index contributed by atoms with van der Waals surface area (Å²) in [5.74, 6) is 2.66. The Balaban J connectivity index is 1.62. The summed E-state index contributed by atoms with van der Waals surface area (Å²) in [6.07, 6.45) is 0.934. The van der Waals surface area contributed by atoms with Gasteiger partial charge in [-0.05, 0) is 82.7 Å². The van der Waals surface area contributed by atoms with Gasteiger partial charge in [0.15, 0.2) is 0 Å². The third-order valence-electron chi connectivity index (χ3n) is 9.29. The van der Waals surface area contributed by atoms with Gasteiger partial charge in [-0.2, -0.15) is 0 Å². The summed E-state index contributed by atoms with van der Waals surface area (Å²) in [5.41, 5.74) is 10.7. The molecule has 3 nitrogen and oxygen atoms in total. The summed E-state index contributed by atoms with van der Waals surface area (Å²) in [6.45, 7) is 22.8. The topological polar surface area (TPSA) is 11.4 Å². The van der Waals surface area contributed by atoms with Gasteiger partial charge in [0.2, 0.25) is 0 Å². The highest BCUT2D eigenvalue weighted by molar-refractivity contribution is 5.93. The van der Waals surface area contributed by atoms with Crippen LogP contribution in [0.3, 0.4) is 0 Å². The Kier molecular flexibility index (Phi) is 11.7. The van der Waals surface area contributed by atoms with Crippen molar-refractivity contribution in [2.24, 2.45) is 30.7 Å². The molecule has 254 valence electrons. The quantitative estimate of drug-likeness (QED) is 0.113. The number of benzene rings is 4. The summed E-state index contributed by atoms with van der Waals surface area (Å²) in [7, 11) is 2.23. The van der Waals surface area contributed by atoms with Crippen LogP contribution in [-0.4, -0.2) is 30.7 Å². The van der Waals surface area contributed by atoms with Crippen molar-refractivity contribution in [2.75, 3.05) is 36.0 Å². The summed E-state index contributed by atoms with van der Waals surface area (Å²) >= 11 is 0. The Morgan fingerprint density at radius 2 is 0.979 bits per heavy atom. The van der Waals surface area contributed by atoms with E-state index < -0.39 is 0 Å². The molecule has 48 heavy (non-hydrogen) atoms. The zero-order valence-corrected chi connectivity index (χ0v) is 31.1. The number of fused-ring (bicyclic) bond motifs is 1. The van der Waals surface area contributed by atoms with Crippen LogP contribution in [0.4, 0.5) is 11.4 Å². The highest BCUT2D eigenvalue weighted by Crippen LogP contribution is 2.42.